The van der Waals surface area contributed by atoms with Crippen molar-refractivity contribution >= 4 is 40.2 Å². The number of benzene rings is 1. The van der Waals surface area contributed by atoms with Gasteiger partial charge in [0.05, 0.1) is 23.4 Å². The van der Waals surface area contributed by atoms with Gasteiger partial charge < -0.3 is 4.74 Å². The number of rotatable bonds is 3. The van der Waals surface area contributed by atoms with Gasteiger partial charge in [-0.2, -0.15) is 0 Å². The monoisotopic (exact) mass is 267 g/mol. The molecule has 0 unspecified atom stereocenters. The largest absolute Gasteiger partial charge is 0.468 e. The van der Waals surface area contributed by atoms with Crippen molar-refractivity contribution in [3.8, 4) is 0 Å². The van der Waals surface area contributed by atoms with Crippen LogP contribution in [0.3, 0.4) is 0 Å². The van der Waals surface area contributed by atoms with E-state index in [1.165, 1.54) is 18.9 Å². The number of hydrogen-bond donors (Lipinski definition) is 0. The zero-order chi connectivity index (χ0) is 12.3. The summed E-state index contributed by atoms with van der Waals surface area (Å²) in [6.45, 7) is 0. The number of thioether (sulfide) groups is 1. The highest BCUT2D eigenvalue weighted by Crippen LogP contribution is 2.22. The lowest BCUT2D eigenvalue weighted by Gasteiger charge is -2.02. The summed E-state index contributed by atoms with van der Waals surface area (Å²) < 4.78 is 4.57. The molecule has 2 aromatic rings. The van der Waals surface area contributed by atoms with Crippen LogP contribution in [0.2, 0.25) is 5.02 Å². The van der Waals surface area contributed by atoms with Gasteiger partial charge in [-0.3, -0.25) is 4.79 Å². The second-order valence-electron chi connectivity index (χ2n) is 3.35. The van der Waals surface area contributed by atoms with Gasteiger partial charge in [-0.05, 0) is 18.2 Å². The first kappa shape index (κ1) is 12.2. The first-order chi connectivity index (χ1) is 8.19. The van der Waals surface area contributed by atoms with Gasteiger partial charge in [0.25, 0.3) is 0 Å². The van der Waals surface area contributed by atoms with Crippen molar-refractivity contribution < 1.29 is 9.53 Å². The maximum atomic E-state index is 11.0. The van der Waals surface area contributed by atoms with E-state index in [2.05, 4.69) is 9.72 Å². The molecule has 88 valence electrons. The number of hydrogen-bond acceptors (Lipinski definition) is 4. The van der Waals surface area contributed by atoms with Crippen molar-refractivity contribution in [3.05, 3.63) is 35.4 Å². The van der Waals surface area contributed by atoms with Gasteiger partial charge in [-0.25, -0.2) is 4.98 Å². The van der Waals surface area contributed by atoms with Crippen molar-refractivity contribution in [3.63, 3.8) is 0 Å². The summed E-state index contributed by atoms with van der Waals surface area (Å²) in [5, 5.41) is 2.46. The number of fused-ring (bicyclic) bond motifs is 1. The standard InChI is InChI=1S/C12H10ClNO2S/c1-16-12(15)7-17-11-5-3-8-2-4-9(13)6-10(8)14-11/h2-6H,7H2,1H3. The molecule has 5 heteroatoms. The van der Waals surface area contributed by atoms with E-state index >= 15 is 0 Å². The highest BCUT2D eigenvalue weighted by Gasteiger charge is 2.04. The van der Waals surface area contributed by atoms with Crippen LogP contribution in [-0.4, -0.2) is 23.8 Å². The molecule has 0 aliphatic rings. The fourth-order valence-corrected chi connectivity index (χ4v) is 2.22. The van der Waals surface area contributed by atoms with E-state index < -0.39 is 0 Å². The summed E-state index contributed by atoms with van der Waals surface area (Å²) in [5.74, 6) is -0.00162. The van der Waals surface area contributed by atoms with E-state index in [9.17, 15) is 4.79 Å². The number of carbonyl (C=O) groups excluding carboxylic acids is 1. The number of halogens is 1. The third-order valence-corrected chi connectivity index (χ3v) is 3.33. The van der Waals surface area contributed by atoms with Crippen LogP contribution in [0.1, 0.15) is 0 Å². The highest BCUT2D eigenvalue weighted by molar-refractivity contribution is 7.99. The van der Waals surface area contributed by atoms with Crippen LogP contribution in [0.25, 0.3) is 10.9 Å². The Hall–Kier alpha value is -1.26. The van der Waals surface area contributed by atoms with Crippen LogP contribution in [0.15, 0.2) is 35.4 Å². The first-order valence-corrected chi connectivity index (χ1v) is 6.31. The molecule has 1 aromatic heterocycles. The van der Waals surface area contributed by atoms with E-state index in [1.54, 1.807) is 6.07 Å². The smallest absolute Gasteiger partial charge is 0.316 e. The molecule has 0 amide bonds. The van der Waals surface area contributed by atoms with Gasteiger partial charge in [0.15, 0.2) is 0 Å². The molecule has 0 radical (unpaired) electrons. The van der Waals surface area contributed by atoms with Gasteiger partial charge >= 0.3 is 5.97 Å². The first-order valence-electron chi connectivity index (χ1n) is 4.95. The van der Waals surface area contributed by atoms with Crippen molar-refractivity contribution in [2.24, 2.45) is 0 Å². The molecule has 0 saturated carbocycles. The molecule has 0 aliphatic carbocycles. The predicted octanol–water partition coefficient (Wildman–Crippen LogP) is 3.15. The number of nitrogens with zero attached hydrogens (tertiary/aromatic N) is 1. The van der Waals surface area contributed by atoms with Gasteiger partial charge in [0.1, 0.15) is 0 Å². The summed E-state index contributed by atoms with van der Waals surface area (Å²) >= 11 is 7.25. The second kappa shape index (κ2) is 5.38. The summed E-state index contributed by atoms with van der Waals surface area (Å²) in [4.78, 5) is 15.4. The topological polar surface area (TPSA) is 39.2 Å². The summed E-state index contributed by atoms with van der Waals surface area (Å²) in [7, 11) is 1.37. The highest BCUT2D eigenvalue weighted by atomic mass is 35.5. The number of esters is 1. The molecule has 2 rings (SSSR count). The van der Waals surface area contributed by atoms with Crippen LogP contribution >= 0.6 is 23.4 Å². The average Bonchev–Trinajstić information content (AvgIpc) is 2.35. The number of aromatic nitrogens is 1. The molecule has 0 saturated heterocycles. The van der Waals surface area contributed by atoms with E-state index in [0.29, 0.717) is 5.02 Å². The number of methoxy groups -OCH3 is 1. The lowest BCUT2D eigenvalue weighted by atomic mass is 10.2. The zero-order valence-electron chi connectivity index (χ0n) is 9.14. The van der Waals surface area contributed by atoms with E-state index in [1.807, 2.05) is 24.3 Å². The van der Waals surface area contributed by atoms with E-state index in [4.69, 9.17) is 11.6 Å². The summed E-state index contributed by atoms with van der Waals surface area (Å²) in [6.07, 6.45) is 0. The van der Waals surface area contributed by atoms with Crippen molar-refractivity contribution in [2.45, 2.75) is 5.03 Å². The minimum Gasteiger partial charge on any atom is -0.468 e. The summed E-state index contributed by atoms with van der Waals surface area (Å²) in [5.41, 5.74) is 0.826. The predicted molar refractivity (Wildman–Crippen MR) is 69.5 cm³/mol. The Labute approximate surface area is 108 Å². The molecular formula is C12H10ClNO2S. The minimum absolute atomic E-state index is 0.259. The lowest BCUT2D eigenvalue weighted by Crippen LogP contribution is -2.03. The molecule has 0 aliphatic heterocycles. The maximum Gasteiger partial charge on any atom is 0.316 e. The third kappa shape index (κ3) is 3.11. The Morgan fingerprint density at radius 3 is 2.94 bits per heavy atom. The number of carbonyl (C=O) groups is 1. The van der Waals surface area contributed by atoms with Gasteiger partial charge in [-0.1, -0.05) is 35.5 Å². The second-order valence-corrected chi connectivity index (χ2v) is 4.78. The lowest BCUT2D eigenvalue weighted by molar-refractivity contribution is -0.137. The fourth-order valence-electron chi connectivity index (χ4n) is 1.34. The fraction of sp³-hybridized carbons (Fsp3) is 0.167. The molecule has 17 heavy (non-hydrogen) atoms. The molecule has 1 heterocycles. The van der Waals surface area contributed by atoms with Crippen LogP contribution < -0.4 is 0 Å². The van der Waals surface area contributed by atoms with Crippen LogP contribution in [0.4, 0.5) is 0 Å². The summed E-state index contributed by atoms with van der Waals surface area (Å²) in [6, 6.07) is 9.38. The van der Waals surface area contributed by atoms with Gasteiger partial charge in [0.2, 0.25) is 0 Å². The van der Waals surface area contributed by atoms with Crippen molar-refractivity contribution in [2.75, 3.05) is 12.9 Å². The molecule has 0 atom stereocenters. The average molecular weight is 268 g/mol. The van der Waals surface area contributed by atoms with Crippen LogP contribution in [0.5, 0.6) is 0 Å². The SMILES string of the molecule is COC(=O)CSc1ccc2ccc(Cl)cc2n1. The Bertz CT molecular complexity index is 559. The minimum atomic E-state index is -0.261. The molecule has 0 N–H and O–H groups in total. The molecule has 0 spiro atoms. The van der Waals surface area contributed by atoms with Crippen molar-refractivity contribution in [1.82, 2.24) is 4.98 Å². The zero-order valence-corrected chi connectivity index (χ0v) is 10.7. The molecule has 0 bridgehead atoms. The van der Waals surface area contributed by atoms with E-state index in [-0.39, 0.29) is 11.7 Å². The normalized spacial score (nSPS) is 10.5. The molecular weight excluding hydrogens is 258 g/mol. The van der Waals surface area contributed by atoms with Gasteiger partial charge in [0, 0.05) is 10.4 Å². The van der Waals surface area contributed by atoms with Crippen molar-refractivity contribution in [1.29, 1.82) is 0 Å². The van der Waals surface area contributed by atoms with Gasteiger partial charge in [-0.15, -0.1) is 0 Å². The Morgan fingerprint density at radius 1 is 1.41 bits per heavy atom. The Morgan fingerprint density at radius 2 is 2.18 bits per heavy atom. The number of pyridine rings is 1. The number of ether oxygens (including phenoxy) is 1. The van der Waals surface area contributed by atoms with E-state index in [0.717, 1.165) is 15.9 Å². The Kier molecular flexibility index (Phi) is 3.86. The quantitative estimate of drug-likeness (QED) is 0.633. The maximum absolute atomic E-state index is 11.0. The molecule has 0 fully saturated rings. The molecule has 3 nitrogen and oxygen atoms in total. The molecule has 1 aromatic carbocycles. The van der Waals surface area contributed by atoms with Crippen LogP contribution in [-0.2, 0) is 9.53 Å². The Balaban J connectivity index is 2.22. The third-order valence-electron chi connectivity index (χ3n) is 2.19. The van der Waals surface area contributed by atoms with Crippen LogP contribution in [0, 0.1) is 0 Å².